The molecule has 3 aromatic heterocycles. The molecule has 8 heteroatoms. The van der Waals surface area contributed by atoms with Crippen LogP contribution in [0, 0.1) is 0 Å². The molecule has 1 aliphatic carbocycles. The number of hydrogen-bond donors (Lipinski definition) is 1. The van der Waals surface area contributed by atoms with Gasteiger partial charge in [0.05, 0.1) is 48.2 Å². The topological polar surface area (TPSA) is 106 Å². The van der Waals surface area contributed by atoms with Gasteiger partial charge in [-0.05, 0) is 43.7 Å². The van der Waals surface area contributed by atoms with Crippen LogP contribution in [0.25, 0.3) is 11.3 Å². The summed E-state index contributed by atoms with van der Waals surface area (Å²) in [4.78, 5) is 36.5. The molecule has 1 unspecified atom stereocenters. The van der Waals surface area contributed by atoms with E-state index in [1.54, 1.807) is 56.8 Å². The number of rotatable bonds is 3. The molecule has 0 bridgehead atoms. The SMILES string of the molecule is COc1nccc2c1C1C(=C(O)C(=O)N1c1ccc(-c3ccoc3)nc1)C(=O)C2(C)C. The number of aromatic nitrogens is 2. The van der Waals surface area contributed by atoms with Crippen LogP contribution in [-0.4, -0.2) is 33.9 Å². The highest BCUT2D eigenvalue weighted by molar-refractivity contribution is 6.20. The quantitative estimate of drug-likeness (QED) is 0.695. The molecule has 0 spiro atoms. The minimum absolute atomic E-state index is 0.0488. The average molecular weight is 417 g/mol. The summed E-state index contributed by atoms with van der Waals surface area (Å²) >= 11 is 0. The van der Waals surface area contributed by atoms with Crippen LogP contribution < -0.4 is 9.64 Å². The predicted molar refractivity (Wildman–Crippen MR) is 111 cm³/mol. The fraction of sp³-hybridized carbons (Fsp3) is 0.217. The molecule has 0 fully saturated rings. The van der Waals surface area contributed by atoms with Crippen molar-refractivity contribution in [1.82, 2.24) is 9.97 Å². The molecule has 3 aromatic rings. The van der Waals surface area contributed by atoms with Gasteiger partial charge in [-0.2, -0.15) is 0 Å². The zero-order chi connectivity index (χ0) is 21.9. The van der Waals surface area contributed by atoms with Gasteiger partial charge in [0, 0.05) is 17.3 Å². The number of furan rings is 1. The molecular weight excluding hydrogens is 398 g/mol. The van der Waals surface area contributed by atoms with Gasteiger partial charge in [0.1, 0.15) is 6.04 Å². The fourth-order valence-electron chi connectivity index (χ4n) is 4.37. The molecule has 0 aromatic carbocycles. The van der Waals surface area contributed by atoms with Gasteiger partial charge in [0.2, 0.25) is 5.88 Å². The number of anilines is 1. The van der Waals surface area contributed by atoms with Crippen molar-refractivity contribution >= 4 is 17.4 Å². The van der Waals surface area contributed by atoms with Crippen LogP contribution in [0.4, 0.5) is 5.69 Å². The zero-order valence-electron chi connectivity index (χ0n) is 17.1. The van der Waals surface area contributed by atoms with Crippen molar-refractivity contribution in [3.8, 4) is 17.1 Å². The summed E-state index contributed by atoms with van der Waals surface area (Å²) in [5.74, 6) is -1.23. The lowest BCUT2D eigenvalue weighted by atomic mass is 9.68. The highest BCUT2D eigenvalue weighted by Crippen LogP contribution is 2.52. The molecule has 1 atom stereocenters. The van der Waals surface area contributed by atoms with Gasteiger partial charge in [-0.15, -0.1) is 0 Å². The van der Waals surface area contributed by atoms with Crippen molar-refractivity contribution in [1.29, 1.82) is 0 Å². The highest BCUT2D eigenvalue weighted by Gasteiger charge is 2.54. The molecule has 0 saturated carbocycles. The van der Waals surface area contributed by atoms with E-state index in [9.17, 15) is 14.7 Å². The minimum Gasteiger partial charge on any atom is -0.503 e. The zero-order valence-corrected chi connectivity index (χ0v) is 17.1. The second-order valence-corrected chi connectivity index (χ2v) is 7.99. The lowest BCUT2D eigenvalue weighted by Gasteiger charge is -2.38. The van der Waals surface area contributed by atoms with Gasteiger partial charge in [0.25, 0.3) is 5.91 Å². The van der Waals surface area contributed by atoms with Gasteiger partial charge < -0.3 is 14.3 Å². The van der Waals surface area contributed by atoms with Crippen LogP contribution in [-0.2, 0) is 15.0 Å². The van der Waals surface area contributed by atoms with E-state index in [0.29, 0.717) is 28.4 Å². The van der Waals surface area contributed by atoms with Crippen molar-refractivity contribution in [2.75, 3.05) is 12.0 Å². The summed E-state index contributed by atoms with van der Waals surface area (Å²) in [5.41, 5.74) is 2.29. The average Bonchev–Trinajstić information content (AvgIpc) is 3.39. The number of fused-ring (bicyclic) bond motifs is 3. The largest absolute Gasteiger partial charge is 0.503 e. The smallest absolute Gasteiger partial charge is 0.294 e. The third kappa shape index (κ3) is 2.54. The first-order valence-electron chi connectivity index (χ1n) is 9.69. The molecule has 1 aliphatic heterocycles. The molecule has 1 N–H and O–H groups in total. The van der Waals surface area contributed by atoms with E-state index in [2.05, 4.69) is 9.97 Å². The Bertz CT molecular complexity index is 1240. The second kappa shape index (κ2) is 6.53. The number of hydrogen-bond acceptors (Lipinski definition) is 7. The number of nitrogens with zero attached hydrogens (tertiary/aromatic N) is 3. The van der Waals surface area contributed by atoms with Crippen molar-refractivity contribution in [2.45, 2.75) is 25.3 Å². The lowest BCUT2D eigenvalue weighted by Crippen LogP contribution is -2.42. The number of aliphatic hydroxyl groups is 1. The molecule has 2 aliphatic rings. The van der Waals surface area contributed by atoms with Gasteiger partial charge >= 0.3 is 0 Å². The minimum atomic E-state index is -0.953. The maximum atomic E-state index is 13.3. The Balaban J connectivity index is 1.69. The third-order valence-electron chi connectivity index (χ3n) is 5.96. The molecule has 31 heavy (non-hydrogen) atoms. The monoisotopic (exact) mass is 417 g/mol. The van der Waals surface area contributed by atoms with Crippen LogP contribution in [0.2, 0.25) is 0 Å². The van der Waals surface area contributed by atoms with E-state index in [0.717, 1.165) is 5.56 Å². The number of methoxy groups -OCH3 is 1. The Morgan fingerprint density at radius 3 is 2.61 bits per heavy atom. The van der Waals surface area contributed by atoms with Crippen LogP contribution in [0.3, 0.4) is 0 Å². The van der Waals surface area contributed by atoms with Gasteiger partial charge in [-0.3, -0.25) is 19.5 Å². The molecular formula is C23H19N3O5. The maximum Gasteiger partial charge on any atom is 0.294 e. The second-order valence-electron chi connectivity index (χ2n) is 7.99. The summed E-state index contributed by atoms with van der Waals surface area (Å²) in [5, 5.41) is 10.7. The normalized spacial score (nSPS) is 19.5. The van der Waals surface area contributed by atoms with Crippen LogP contribution >= 0.6 is 0 Å². The molecule has 8 nitrogen and oxygen atoms in total. The van der Waals surface area contributed by atoms with Gasteiger partial charge in [0.15, 0.2) is 11.5 Å². The Morgan fingerprint density at radius 2 is 1.97 bits per heavy atom. The van der Waals surface area contributed by atoms with E-state index in [-0.39, 0.29) is 11.4 Å². The van der Waals surface area contributed by atoms with Gasteiger partial charge in [-0.25, -0.2) is 4.98 Å². The molecule has 0 radical (unpaired) electrons. The first kappa shape index (κ1) is 19.0. The summed E-state index contributed by atoms with van der Waals surface area (Å²) in [7, 11) is 1.48. The Hall–Kier alpha value is -3.94. The number of aliphatic hydroxyl groups excluding tert-OH is 1. The number of ether oxygens (including phenoxy) is 1. The van der Waals surface area contributed by atoms with Crippen LogP contribution in [0.1, 0.15) is 31.0 Å². The predicted octanol–water partition coefficient (Wildman–Crippen LogP) is 3.51. The van der Waals surface area contributed by atoms with Crippen molar-refractivity contribution in [3.63, 3.8) is 0 Å². The maximum absolute atomic E-state index is 13.3. The Morgan fingerprint density at radius 1 is 1.16 bits per heavy atom. The molecule has 1 amide bonds. The number of carbonyl (C=O) groups excluding carboxylic acids is 2. The summed E-state index contributed by atoms with van der Waals surface area (Å²) in [6.45, 7) is 3.52. The first-order chi connectivity index (χ1) is 14.9. The number of pyridine rings is 2. The van der Waals surface area contributed by atoms with E-state index >= 15 is 0 Å². The van der Waals surface area contributed by atoms with Crippen molar-refractivity contribution in [3.05, 3.63) is 71.6 Å². The lowest BCUT2D eigenvalue weighted by molar-refractivity contribution is -0.121. The van der Waals surface area contributed by atoms with Crippen molar-refractivity contribution in [2.24, 2.45) is 0 Å². The Labute approximate surface area is 177 Å². The highest BCUT2D eigenvalue weighted by atomic mass is 16.5. The number of Topliss-reactive ketones (excluding diaryl/α,β-unsaturated/α-hetero) is 1. The van der Waals surface area contributed by atoms with Crippen LogP contribution in [0.5, 0.6) is 5.88 Å². The van der Waals surface area contributed by atoms with E-state index in [4.69, 9.17) is 9.15 Å². The molecule has 0 saturated heterocycles. The van der Waals surface area contributed by atoms with E-state index in [1.807, 2.05) is 0 Å². The summed E-state index contributed by atoms with van der Waals surface area (Å²) in [6, 6.07) is 6.15. The number of carbonyl (C=O) groups is 2. The Kier molecular flexibility index (Phi) is 4.01. The van der Waals surface area contributed by atoms with E-state index < -0.39 is 23.1 Å². The standard InChI is InChI=1S/C23H19N3O5/c1-23(2)14-6-8-24-21(30-3)16(14)18-17(20(23)28)19(27)22(29)26(18)13-4-5-15(25-10-13)12-7-9-31-11-12/h4-11,18,27H,1-3H3. The first-order valence-corrected chi connectivity index (χ1v) is 9.69. The number of amides is 1. The molecule has 156 valence electrons. The number of ketones is 1. The molecule has 5 rings (SSSR count). The fourth-order valence-corrected chi connectivity index (χ4v) is 4.37. The third-order valence-corrected chi connectivity index (χ3v) is 5.96. The van der Waals surface area contributed by atoms with Crippen molar-refractivity contribution < 1.29 is 23.8 Å². The van der Waals surface area contributed by atoms with Crippen LogP contribution in [0.15, 0.2) is 64.9 Å². The van der Waals surface area contributed by atoms with Gasteiger partial charge in [-0.1, -0.05) is 0 Å². The summed E-state index contributed by atoms with van der Waals surface area (Å²) < 4.78 is 10.6. The summed E-state index contributed by atoms with van der Waals surface area (Å²) in [6.07, 6.45) is 6.23. The molecule has 4 heterocycles. The van der Waals surface area contributed by atoms with E-state index in [1.165, 1.54) is 18.2 Å².